The van der Waals surface area contributed by atoms with E-state index in [0.29, 0.717) is 6.04 Å². The lowest BCUT2D eigenvalue weighted by Crippen LogP contribution is -2.34. The van der Waals surface area contributed by atoms with Gasteiger partial charge in [-0.15, -0.1) is 11.3 Å². The highest BCUT2D eigenvalue weighted by Gasteiger charge is 2.32. The molecule has 1 fully saturated rings. The summed E-state index contributed by atoms with van der Waals surface area (Å²) in [6.45, 7) is 5.86. The quantitative estimate of drug-likeness (QED) is 0.675. The van der Waals surface area contributed by atoms with Gasteiger partial charge in [0.25, 0.3) is 5.56 Å². The molecule has 1 aromatic carbocycles. The summed E-state index contributed by atoms with van der Waals surface area (Å²) in [6.07, 6.45) is 2.62. The van der Waals surface area contributed by atoms with Gasteiger partial charge in [0.1, 0.15) is 0 Å². The van der Waals surface area contributed by atoms with Crippen LogP contribution in [0.3, 0.4) is 0 Å². The predicted molar refractivity (Wildman–Crippen MR) is 102 cm³/mol. The van der Waals surface area contributed by atoms with Gasteiger partial charge >= 0.3 is 0 Å². The molecule has 0 radical (unpaired) electrons. The molecule has 0 N–H and O–H groups in total. The first-order valence-electron chi connectivity index (χ1n) is 8.86. The Kier molecular flexibility index (Phi) is 4.44. The molecule has 0 saturated heterocycles. The lowest BCUT2D eigenvalue weighted by atomic mass is 10.1. The van der Waals surface area contributed by atoms with Crippen molar-refractivity contribution >= 4 is 16.3 Å². The SMILES string of the molecule is Cc1csc2nc(CN(Cc3ccccc3)C(C)C3CC3)cc(=O)n12. The van der Waals surface area contributed by atoms with E-state index < -0.39 is 0 Å². The Labute approximate surface area is 151 Å². The highest BCUT2D eigenvalue weighted by atomic mass is 32.1. The van der Waals surface area contributed by atoms with Crippen molar-refractivity contribution in [2.45, 2.75) is 45.8 Å². The highest BCUT2D eigenvalue weighted by molar-refractivity contribution is 7.15. The maximum Gasteiger partial charge on any atom is 0.259 e. The molecule has 4 nitrogen and oxygen atoms in total. The molecule has 0 aliphatic heterocycles. The molecule has 0 amide bonds. The number of thiazole rings is 1. The summed E-state index contributed by atoms with van der Waals surface area (Å²) in [5.74, 6) is 0.775. The second-order valence-corrected chi connectivity index (χ2v) is 7.89. The Morgan fingerprint density at radius 1 is 1.28 bits per heavy atom. The highest BCUT2D eigenvalue weighted by Crippen LogP contribution is 2.36. The van der Waals surface area contributed by atoms with E-state index in [2.05, 4.69) is 36.1 Å². The molecule has 1 saturated carbocycles. The van der Waals surface area contributed by atoms with E-state index in [1.54, 1.807) is 10.5 Å². The molecule has 1 aliphatic carbocycles. The third-order valence-electron chi connectivity index (χ3n) is 5.10. The molecule has 0 spiro atoms. The zero-order chi connectivity index (χ0) is 17.4. The van der Waals surface area contributed by atoms with Crippen molar-refractivity contribution in [1.82, 2.24) is 14.3 Å². The maximum absolute atomic E-state index is 12.4. The van der Waals surface area contributed by atoms with Crippen molar-refractivity contribution in [2.75, 3.05) is 0 Å². The topological polar surface area (TPSA) is 37.6 Å². The van der Waals surface area contributed by atoms with E-state index in [9.17, 15) is 4.79 Å². The second kappa shape index (κ2) is 6.73. The van der Waals surface area contributed by atoms with E-state index >= 15 is 0 Å². The van der Waals surface area contributed by atoms with Crippen LogP contribution in [0.25, 0.3) is 4.96 Å². The third-order valence-corrected chi connectivity index (χ3v) is 6.05. The van der Waals surface area contributed by atoms with Gasteiger partial charge in [0.15, 0.2) is 4.96 Å². The third kappa shape index (κ3) is 3.53. The Morgan fingerprint density at radius 3 is 2.76 bits per heavy atom. The summed E-state index contributed by atoms with van der Waals surface area (Å²) >= 11 is 1.53. The molecule has 130 valence electrons. The van der Waals surface area contributed by atoms with Crippen molar-refractivity contribution in [3.8, 4) is 0 Å². The van der Waals surface area contributed by atoms with Crippen molar-refractivity contribution in [3.05, 3.63) is 69.1 Å². The number of aromatic nitrogens is 2. The second-order valence-electron chi connectivity index (χ2n) is 7.05. The first-order valence-corrected chi connectivity index (χ1v) is 9.74. The molecular formula is C20H23N3OS. The summed E-state index contributed by atoms with van der Waals surface area (Å²) in [6, 6.07) is 12.8. The summed E-state index contributed by atoms with van der Waals surface area (Å²) in [5.41, 5.74) is 3.16. The molecule has 3 aromatic rings. The van der Waals surface area contributed by atoms with Crippen LogP contribution in [0.2, 0.25) is 0 Å². The number of hydrogen-bond acceptors (Lipinski definition) is 4. The fraction of sp³-hybridized carbons (Fsp3) is 0.400. The number of nitrogens with zero attached hydrogens (tertiary/aromatic N) is 3. The van der Waals surface area contributed by atoms with Crippen molar-refractivity contribution in [2.24, 2.45) is 5.92 Å². The van der Waals surface area contributed by atoms with Crippen molar-refractivity contribution < 1.29 is 0 Å². The van der Waals surface area contributed by atoms with Crippen LogP contribution in [0.5, 0.6) is 0 Å². The summed E-state index contributed by atoms with van der Waals surface area (Å²) in [5, 5.41) is 1.99. The first-order chi connectivity index (χ1) is 12.1. The van der Waals surface area contributed by atoms with Gasteiger partial charge < -0.3 is 0 Å². The monoisotopic (exact) mass is 353 g/mol. The molecule has 2 heterocycles. The van der Waals surface area contributed by atoms with Crippen LogP contribution in [0, 0.1) is 12.8 Å². The van der Waals surface area contributed by atoms with E-state index in [4.69, 9.17) is 4.98 Å². The fourth-order valence-electron chi connectivity index (χ4n) is 3.43. The molecule has 1 atom stereocenters. The van der Waals surface area contributed by atoms with Crippen LogP contribution in [0.1, 0.15) is 36.7 Å². The minimum Gasteiger partial charge on any atom is -0.290 e. The first kappa shape index (κ1) is 16.5. The number of fused-ring (bicyclic) bond motifs is 1. The van der Waals surface area contributed by atoms with Gasteiger partial charge in [-0.1, -0.05) is 30.3 Å². The van der Waals surface area contributed by atoms with Crippen LogP contribution < -0.4 is 5.56 Å². The lowest BCUT2D eigenvalue weighted by Gasteiger charge is -2.29. The molecule has 25 heavy (non-hydrogen) atoms. The van der Waals surface area contributed by atoms with Crippen molar-refractivity contribution in [1.29, 1.82) is 0 Å². The largest absolute Gasteiger partial charge is 0.290 e. The standard InChI is InChI=1S/C20H23N3OS/c1-14-13-25-20-21-18(10-19(24)23(14)20)12-22(15(2)17-8-9-17)11-16-6-4-3-5-7-16/h3-7,10,13,15,17H,8-9,11-12H2,1-2H3. The van der Waals surface area contributed by atoms with E-state index in [-0.39, 0.29) is 5.56 Å². The van der Waals surface area contributed by atoms with Crippen LogP contribution in [0.4, 0.5) is 0 Å². The summed E-state index contributed by atoms with van der Waals surface area (Å²) < 4.78 is 1.69. The number of benzene rings is 1. The summed E-state index contributed by atoms with van der Waals surface area (Å²) in [7, 11) is 0. The molecule has 2 aromatic heterocycles. The molecule has 1 aliphatic rings. The number of hydrogen-bond donors (Lipinski definition) is 0. The Hall–Kier alpha value is -1.98. The Balaban J connectivity index is 1.62. The summed E-state index contributed by atoms with van der Waals surface area (Å²) in [4.78, 5) is 20.4. The molecular weight excluding hydrogens is 330 g/mol. The van der Waals surface area contributed by atoms with E-state index in [1.807, 2.05) is 18.4 Å². The Bertz CT molecular complexity index is 927. The molecule has 1 unspecified atom stereocenters. The predicted octanol–water partition coefficient (Wildman–Crippen LogP) is 3.87. The van der Waals surface area contributed by atoms with Crippen LogP contribution in [0.15, 0.2) is 46.6 Å². The zero-order valence-corrected chi connectivity index (χ0v) is 15.5. The smallest absolute Gasteiger partial charge is 0.259 e. The van der Waals surface area contributed by atoms with E-state index in [0.717, 1.165) is 35.4 Å². The van der Waals surface area contributed by atoms with Crippen LogP contribution in [-0.4, -0.2) is 20.3 Å². The van der Waals surface area contributed by atoms with Gasteiger partial charge in [-0.25, -0.2) is 4.98 Å². The Morgan fingerprint density at radius 2 is 2.04 bits per heavy atom. The van der Waals surface area contributed by atoms with Gasteiger partial charge in [0.05, 0.1) is 5.69 Å². The van der Waals surface area contributed by atoms with Gasteiger partial charge in [0, 0.05) is 36.3 Å². The van der Waals surface area contributed by atoms with Crippen molar-refractivity contribution in [3.63, 3.8) is 0 Å². The minimum absolute atomic E-state index is 0.0255. The lowest BCUT2D eigenvalue weighted by molar-refractivity contribution is 0.170. The van der Waals surface area contributed by atoms with Gasteiger partial charge in [0.2, 0.25) is 0 Å². The minimum atomic E-state index is 0.0255. The van der Waals surface area contributed by atoms with E-state index in [1.165, 1.54) is 29.7 Å². The van der Waals surface area contributed by atoms with Gasteiger partial charge in [-0.2, -0.15) is 0 Å². The maximum atomic E-state index is 12.4. The number of aryl methyl sites for hydroxylation is 1. The molecule has 0 bridgehead atoms. The van der Waals surface area contributed by atoms with Crippen LogP contribution >= 0.6 is 11.3 Å². The normalized spacial score (nSPS) is 15.8. The number of rotatable bonds is 6. The average Bonchev–Trinajstić information content (AvgIpc) is 3.38. The van der Waals surface area contributed by atoms with Gasteiger partial charge in [-0.3, -0.25) is 14.1 Å². The average molecular weight is 353 g/mol. The van der Waals surface area contributed by atoms with Crippen LogP contribution in [-0.2, 0) is 13.1 Å². The molecule has 5 heteroatoms. The van der Waals surface area contributed by atoms with Gasteiger partial charge in [-0.05, 0) is 38.2 Å². The fourth-order valence-corrected chi connectivity index (χ4v) is 4.32. The molecule has 4 rings (SSSR count). The zero-order valence-electron chi connectivity index (χ0n) is 14.7.